The van der Waals surface area contributed by atoms with Crippen molar-refractivity contribution in [3.8, 4) is 0 Å². The molecule has 0 radical (unpaired) electrons. The number of benzene rings is 1. The molecule has 0 aromatic heterocycles. The van der Waals surface area contributed by atoms with Crippen molar-refractivity contribution in [3.63, 3.8) is 0 Å². The van der Waals surface area contributed by atoms with Crippen molar-refractivity contribution in [3.05, 3.63) is 33.8 Å². The van der Waals surface area contributed by atoms with E-state index in [2.05, 4.69) is 5.43 Å². The molecule has 1 unspecified atom stereocenters. The summed E-state index contributed by atoms with van der Waals surface area (Å²) in [6.45, 7) is 0. The van der Waals surface area contributed by atoms with Crippen molar-refractivity contribution in [2.75, 3.05) is 0 Å². The molecular formula is C12H16Cl2N2. The molecule has 0 saturated heterocycles. The minimum absolute atomic E-state index is 0.119. The van der Waals surface area contributed by atoms with Gasteiger partial charge in [-0.15, -0.1) is 0 Å². The molecule has 1 aromatic rings. The van der Waals surface area contributed by atoms with E-state index in [9.17, 15) is 0 Å². The number of hydrogen-bond donors (Lipinski definition) is 2. The summed E-state index contributed by atoms with van der Waals surface area (Å²) >= 11 is 12.2. The first-order valence-corrected chi connectivity index (χ1v) is 6.39. The van der Waals surface area contributed by atoms with Crippen LogP contribution < -0.4 is 11.3 Å². The van der Waals surface area contributed by atoms with Gasteiger partial charge in [0, 0.05) is 0 Å². The molecule has 0 amide bonds. The molecule has 2 rings (SSSR count). The van der Waals surface area contributed by atoms with Gasteiger partial charge in [0.1, 0.15) is 0 Å². The summed E-state index contributed by atoms with van der Waals surface area (Å²) in [4.78, 5) is 0. The van der Waals surface area contributed by atoms with E-state index in [0.29, 0.717) is 16.0 Å². The third-order valence-corrected chi connectivity index (χ3v) is 4.20. The maximum atomic E-state index is 6.22. The highest BCUT2D eigenvalue weighted by atomic mass is 35.5. The fourth-order valence-corrected chi connectivity index (χ4v) is 2.96. The van der Waals surface area contributed by atoms with E-state index in [0.717, 1.165) is 5.56 Å². The second-order valence-electron chi connectivity index (χ2n) is 4.33. The Balaban J connectivity index is 2.28. The Bertz CT molecular complexity index is 362. The summed E-state index contributed by atoms with van der Waals surface area (Å²) in [6.07, 6.45) is 4.97. The molecule has 1 fully saturated rings. The van der Waals surface area contributed by atoms with E-state index in [4.69, 9.17) is 29.0 Å². The summed E-state index contributed by atoms with van der Waals surface area (Å²) in [5.41, 5.74) is 3.90. The molecule has 0 heterocycles. The van der Waals surface area contributed by atoms with Crippen LogP contribution in [-0.4, -0.2) is 0 Å². The maximum Gasteiger partial charge on any atom is 0.0640 e. The van der Waals surface area contributed by atoms with Gasteiger partial charge >= 0.3 is 0 Å². The molecule has 1 aliphatic carbocycles. The topological polar surface area (TPSA) is 38.0 Å². The summed E-state index contributed by atoms with van der Waals surface area (Å²) in [5.74, 6) is 6.22. The minimum Gasteiger partial charge on any atom is -0.271 e. The predicted molar refractivity (Wildman–Crippen MR) is 68.5 cm³/mol. The average Bonchev–Trinajstić information content (AvgIpc) is 2.79. The van der Waals surface area contributed by atoms with Crippen molar-refractivity contribution < 1.29 is 0 Å². The third-order valence-electron chi connectivity index (χ3n) is 3.37. The lowest BCUT2D eigenvalue weighted by molar-refractivity contribution is 0.373. The van der Waals surface area contributed by atoms with Gasteiger partial charge in [-0.25, -0.2) is 0 Å². The molecule has 0 spiro atoms. The van der Waals surface area contributed by atoms with E-state index in [-0.39, 0.29) is 6.04 Å². The third kappa shape index (κ3) is 2.35. The first kappa shape index (κ1) is 12.2. The Morgan fingerprint density at radius 1 is 1.25 bits per heavy atom. The Hall–Kier alpha value is -0.280. The molecule has 0 bridgehead atoms. The first-order valence-electron chi connectivity index (χ1n) is 5.64. The van der Waals surface area contributed by atoms with Crippen LogP contribution in [-0.2, 0) is 0 Å². The number of hydrazine groups is 1. The lowest BCUT2D eigenvalue weighted by Gasteiger charge is -2.24. The SMILES string of the molecule is NNC(c1cccc(Cl)c1Cl)C1CCCC1. The minimum atomic E-state index is 0.119. The predicted octanol–water partition coefficient (Wildman–Crippen LogP) is 3.69. The van der Waals surface area contributed by atoms with Crippen LogP contribution in [0.25, 0.3) is 0 Å². The highest BCUT2D eigenvalue weighted by molar-refractivity contribution is 6.42. The van der Waals surface area contributed by atoms with Gasteiger partial charge in [-0.2, -0.15) is 0 Å². The summed E-state index contributed by atoms with van der Waals surface area (Å²) in [7, 11) is 0. The zero-order valence-corrected chi connectivity index (χ0v) is 10.6. The van der Waals surface area contributed by atoms with Crippen LogP contribution >= 0.6 is 23.2 Å². The van der Waals surface area contributed by atoms with Gasteiger partial charge in [0.05, 0.1) is 16.1 Å². The second-order valence-corrected chi connectivity index (χ2v) is 5.12. The van der Waals surface area contributed by atoms with E-state index in [1.54, 1.807) is 6.07 Å². The highest BCUT2D eigenvalue weighted by Crippen LogP contribution is 2.39. The van der Waals surface area contributed by atoms with Crippen molar-refractivity contribution in [1.82, 2.24) is 5.43 Å². The fraction of sp³-hybridized carbons (Fsp3) is 0.500. The summed E-state index contributed by atoms with van der Waals surface area (Å²) < 4.78 is 0. The second kappa shape index (κ2) is 5.37. The molecule has 0 aliphatic heterocycles. The van der Waals surface area contributed by atoms with Crippen LogP contribution in [0.4, 0.5) is 0 Å². The number of nitrogens with two attached hydrogens (primary N) is 1. The quantitative estimate of drug-likeness (QED) is 0.641. The fourth-order valence-electron chi connectivity index (χ4n) is 2.53. The van der Waals surface area contributed by atoms with Crippen LogP contribution in [0, 0.1) is 5.92 Å². The molecule has 2 nitrogen and oxygen atoms in total. The molecular weight excluding hydrogens is 243 g/mol. The van der Waals surface area contributed by atoms with Crippen molar-refractivity contribution >= 4 is 23.2 Å². The van der Waals surface area contributed by atoms with Gasteiger partial charge in [0.2, 0.25) is 0 Å². The van der Waals surface area contributed by atoms with Gasteiger partial charge < -0.3 is 0 Å². The van der Waals surface area contributed by atoms with Gasteiger partial charge in [-0.05, 0) is 30.4 Å². The number of rotatable bonds is 3. The average molecular weight is 259 g/mol. The van der Waals surface area contributed by atoms with Gasteiger partial charge in [0.25, 0.3) is 0 Å². The number of hydrogen-bond acceptors (Lipinski definition) is 2. The Kier molecular flexibility index (Phi) is 4.09. The van der Waals surface area contributed by atoms with Crippen LogP contribution in [0.2, 0.25) is 10.0 Å². The Labute approximate surface area is 106 Å². The normalized spacial score (nSPS) is 18.9. The van der Waals surface area contributed by atoms with Crippen LogP contribution in [0.1, 0.15) is 37.3 Å². The lowest BCUT2D eigenvalue weighted by atomic mass is 9.92. The highest BCUT2D eigenvalue weighted by Gasteiger charge is 2.27. The molecule has 4 heteroatoms. The zero-order valence-electron chi connectivity index (χ0n) is 9.05. The van der Waals surface area contributed by atoms with Gasteiger partial charge in [0.15, 0.2) is 0 Å². The van der Waals surface area contributed by atoms with Gasteiger partial charge in [-0.3, -0.25) is 11.3 Å². The van der Waals surface area contributed by atoms with Crippen molar-refractivity contribution in [2.24, 2.45) is 11.8 Å². The Morgan fingerprint density at radius 2 is 1.94 bits per heavy atom. The monoisotopic (exact) mass is 258 g/mol. The molecule has 88 valence electrons. The molecule has 1 aliphatic rings. The molecule has 1 atom stereocenters. The number of nitrogens with one attached hydrogen (secondary N) is 1. The largest absolute Gasteiger partial charge is 0.271 e. The van der Waals surface area contributed by atoms with E-state index >= 15 is 0 Å². The van der Waals surface area contributed by atoms with E-state index < -0.39 is 0 Å². The zero-order chi connectivity index (χ0) is 11.5. The first-order chi connectivity index (χ1) is 7.74. The molecule has 1 saturated carbocycles. The van der Waals surface area contributed by atoms with Crippen LogP contribution in [0.15, 0.2) is 18.2 Å². The molecule has 1 aromatic carbocycles. The van der Waals surface area contributed by atoms with Crippen molar-refractivity contribution in [2.45, 2.75) is 31.7 Å². The van der Waals surface area contributed by atoms with Crippen LogP contribution in [0.3, 0.4) is 0 Å². The smallest absolute Gasteiger partial charge is 0.0640 e. The Morgan fingerprint density at radius 3 is 2.56 bits per heavy atom. The van der Waals surface area contributed by atoms with Crippen LogP contribution in [0.5, 0.6) is 0 Å². The summed E-state index contributed by atoms with van der Waals surface area (Å²) in [6, 6.07) is 5.84. The van der Waals surface area contributed by atoms with E-state index in [1.165, 1.54) is 25.7 Å². The lowest BCUT2D eigenvalue weighted by Crippen LogP contribution is -2.32. The summed E-state index contributed by atoms with van der Waals surface area (Å²) in [5, 5.41) is 1.22. The molecule has 3 N–H and O–H groups in total. The standard InChI is InChI=1S/C12H16Cl2N2/c13-10-7-3-6-9(11(10)14)12(16-15)8-4-1-2-5-8/h3,6-8,12,16H,1-2,4-5,15H2. The maximum absolute atomic E-state index is 6.22. The van der Waals surface area contributed by atoms with E-state index in [1.807, 2.05) is 12.1 Å². The van der Waals surface area contributed by atoms with Crippen molar-refractivity contribution in [1.29, 1.82) is 0 Å². The number of halogens is 2. The molecule has 16 heavy (non-hydrogen) atoms. The van der Waals surface area contributed by atoms with Gasteiger partial charge in [-0.1, -0.05) is 48.2 Å².